The molecule has 0 spiro atoms. The van der Waals surface area contributed by atoms with Crippen LogP contribution < -0.4 is 15.0 Å². The van der Waals surface area contributed by atoms with E-state index >= 15 is 0 Å². The molecular formula is C21H20N4O3S. The van der Waals surface area contributed by atoms with Gasteiger partial charge in [0.15, 0.2) is 0 Å². The number of nitrogens with one attached hydrogen (secondary N) is 1. The minimum atomic E-state index is -0.185. The zero-order chi connectivity index (χ0) is 20.5. The number of H-pyrrole nitrogens is 1. The highest BCUT2D eigenvalue weighted by Crippen LogP contribution is 2.32. The van der Waals surface area contributed by atoms with Crippen LogP contribution >= 0.6 is 11.3 Å². The number of hydrogen-bond donors (Lipinski definition) is 1. The van der Waals surface area contributed by atoms with E-state index in [-0.39, 0.29) is 5.56 Å². The average molecular weight is 408 g/mol. The van der Waals surface area contributed by atoms with Gasteiger partial charge in [-0.05, 0) is 38.1 Å². The third-order valence-corrected chi connectivity index (χ3v) is 5.60. The van der Waals surface area contributed by atoms with Crippen LogP contribution in [-0.2, 0) is 0 Å². The van der Waals surface area contributed by atoms with E-state index in [9.17, 15) is 4.79 Å². The monoisotopic (exact) mass is 408 g/mol. The topological polar surface area (TPSA) is 81.5 Å². The van der Waals surface area contributed by atoms with Gasteiger partial charge in [-0.1, -0.05) is 23.5 Å². The van der Waals surface area contributed by atoms with Crippen molar-refractivity contribution in [3.05, 3.63) is 64.1 Å². The van der Waals surface area contributed by atoms with E-state index in [4.69, 9.17) is 9.47 Å². The molecule has 29 heavy (non-hydrogen) atoms. The van der Waals surface area contributed by atoms with Crippen molar-refractivity contribution in [3.63, 3.8) is 0 Å². The van der Waals surface area contributed by atoms with Gasteiger partial charge in [0.25, 0.3) is 5.56 Å². The maximum absolute atomic E-state index is 13.1. The lowest BCUT2D eigenvalue weighted by Gasteiger charge is -2.07. The van der Waals surface area contributed by atoms with Crippen molar-refractivity contribution in [1.82, 2.24) is 14.8 Å². The van der Waals surface area contributed by atoms with Gasteiger partial charge in [-0.3, -0.25) is 9.89 Å². The Balaban J connectivity index is 1.78. The van der Waals surface area contributed by atoms with E-state index < -0.39 is 0 Å². The van der Waals surface area contributed by atoms with E-state index in [2.05, 4.69) is 15.1 Å². The van der Waals surface area contributed by atoms with Crippen molar-refractivity contribution < 1.29 is 9.47 Å². The van der Waals surface area contributed by atoms with Crippen molar-refractivity contribution in [2.75, 3.05) is 14.2 Å². The van der Waals surface area contributed by atoms with Gasteiger partial charge in [0.1, 0.15) is 17.2 Å². The summed E-state index contributed by atoms with van der Waals surface area (Å²) < 4.78 is 13.1. The van der Waals surface area contributed by atoms with Gasteiger partial charge in [-0.15, -0.1) is 0 Å². The summed E-state index contributed by atoms with van der Waals surface area (Å²) in [4.78, 5) is 22.3. The number of benzene rings is 2. The zero-order valence-electron chi connectivity index (χ0n) is 16.5. The zero-order valence-corrected chi connectivity index (χ0v) is 17.3. The lowest BCUT2D eigenvalue weighted by molar-refractivity contribution is 0.395. The predicted octanol–water partition coefficient (Wildman–Crippen LogP) is 4.24. The normalized spacial score (nSPS) is 11.8. The van der Waals surface area contributed by atoms with Crippen LogP contribution in [0.5, 0.6) is 11.5 Å². The fourth-order valence-electron chi connectivity index (χ4n) is 3.18. The third kappa shape index (κ3) is 3.42. The number of aryl methyl sites for hydroxylation is 1. The number of fused-ring (bicyclic) bond motifs is 1. The Kier molecular flexibility index (Phi) is 4.94. The number of methoxy groups -OCH3 is 2. The Morgan fingerprint density at radius 1 is 1.17 bits per heavy atom. The molecule has 0 saturated heterocycles. The number of aliphatic imine (C=N–C) groups is 1. The molecule has 0 radical (unpaired) electrons. The van der Waals surface area contributed by atoms with Crippen LogP contribution in [0.2, 0.25) is 0 Å². The van der Waals surface area contributed by atoms with Gasteiger partial charge >= 0.3 is 0 Å². The molecule has 0 unspecified atom stereocenters. The Morgan fingerprint density at radius 3 is 2.69 bits per heavy atom. The average Bonchev–Trinajstić information content (AvgIpc) is 3.28. The summed E-state index contributed by atoms with van der Waals surface area (Å²) in [6.45, 7) is 3.66. The Bertz CT molecular complexity index is 1250. The largest absolute Gasteiger partial charge is 0.497 e. The molecule has 0 fully saturated rings. The van der Waals surface area contributed by atoms with Crippen LogP contribution in [0.15, 0.2) is 52.3 Å². The van der Waals surface area contributed by atoms with Crippen LogP contribution in [0, 0.1) is 6.92 Å². The Morgan fingerprint density at radius 2 is 1.97 bits per heavy atom. The van der Waals surface area contributed by atoms with Gasteiger partial charge in [0, 0.05) is 11.8 Å². The summed E-state index contributed by atoms with van der Waals surface area (Å²) >= 11 is 1.46. The fraction of sp³-hybridized carbons (Fsp3) is 0.190. The maximum atomic E-state index is 13.1. The first-order valence-corrected chi connectivity index (χ1v) is 9.78. The van der Waals surface area contributed by atoms with Crippen molar-refractivity contribution in [1.29, 1.82) is 0 Å². The summed E-state index contributed by atoms with van der Waals surface area (Å²) in [5, 5.41) is 3.72. The van der Waals surface area contributed by atoms with E-state index in [1.165, 1.54) is 16.0 Å². The van der Waals surface area contributed by atoms with Gasteiger partial charge in [-0.2, -0.15) is 4.68 Å². The van der Waals surface area contributed by atoms with Crippen molar-refractivity contribution in [2.24, 2.45) is 4.99 Å². The lowest BCUT2D eigenvalue weighted by Crippen LogP contribution is -2.19. The highest BCUT2D eigenvalue weighted by Gasteiger charge is 2.18. The highest BCUT2D eigenvalue weighted by atomic mass is 32.1. The van der Waals surface area contributed by atoms with Gasteiger partial charge in [-0.25, -0.2) is 9.98 Å². The molecule has 4 aromatic rings. The molecule has 148 valence electrons. The lowest BCUT2D eigenvalue weighted by atomic mass is 10.1. The predicted molar refractivity (Wildman–Crippen MR) is 116 cm³/mol. The summed E-state index contributed by atoms with van der Waals surface area (Å²) in [7, 11) is 3.17. The second kappa shape index (κ2) is 7.56. The summed E-state index contributed by atoms with van der Waals surface area (Å²) in [6, 6.07) is 13.2. The SMILES string of the molecule is COc1ccc(N=C(C)c2c(C)[nH]n(-c3nc4ccccc4s3)c2=O)c(OC)c1. The van der Waals surface area contributed by atoms with Gasteiger partial charge < -0.3 is 9.47 Å². The summed E-state index contributed by atoms with van der Waals surface area (Å²) in [5.74, 6) is 1.25. The molecule has 0 amide bonds. The van der Waals surface area contributed by atoms with Gasteiger partial charge in [0.05, 0.1) is 35.7 Å². The Hall–Kier alpha value is -3.39. The molecule has 0 aliphatic rings. The minimum Gasteiger partial charge on any atom is -0.497 e. The van der Waals surface area contributed by atoms with Crippen LogP contribution in [0.3, 0.4) is 0 Å². The number of para-hydroxylation sites is 1. The van der Waals surface area contributed by atoms with E-state index in [0.29, 0.717) is 33.6 Å². The van der Waals surface area contributed by atoms with Crippen LogP contribution in [0.1, 0.15) is 18.2 Å². The van der Waals surface area contributed by atoms with Crippen LogP contribution in [0.4, 0.5) is 5.69 Å². The molecular weight excluding hydrogens is 388 g/mol. The molecule has 0 bridgehead atoms. The van der Waals surface area contributed by atoms with E-state index in [1.807, 2.05) is 38.1 Å². The van der Waals surface area contributed by atoms with E-state index in [0.717, 1.165) is 15.9 Å². The first kappa shape index (κ1) is 18.9. The molecule has 0 aliphatic heterocycles. The third-order valence-electron chi connectivity index (χ3n) is 4.58. The van der Waals surface area contributed by atoms with E-state index in [1.54, 1.807) is 32.4 Å². The fourth-order valence-corrected chi connectivity index (χ4v) is 4.10. The number of rotatable bonds is 5. The van der Waals surface area contributed by atoms with Crippen molar-refractivity contribution in [3.8, 4) is 16.6 Å². The molecule has 0 aliphatic carbocycles. The van der Waals surface area contributed by atoms with Gasteiger partial charge in [0.2, 0.25) is 5.13 Å². The number of thiazole rings is 1. The molecule has 0 atom stereocenters. The standard InChI is InChI=1S/C21H20N4O3S/c1-12(22-15-10-9-14(27-3)11-17(15)28-4)19-13(2)24-25(20(19)26)21-23-16-7-5-6-8-18(16)29-21/h5-11,24H,1-4H3. The number of aromatic amines is 1. The summed E-state index contributed by atoms with van der Waals surface area (Å²) in [5.41, 5.74) is 3.13. The molecule has 0 saturated carbocycles. The first-order valence-electron chi connectivity index (χ1n) is 8.97. The smallest absolute Gasteiger partial charge is 0.282 e. The maximum Gasteiger partial charge on any atom is 0.282 e. The first-order chi connectivity index (χ1) is 14.0. The number of nitrogens with zero attached hydrogens (tertiary/aromatic N) is 3. The number of hydrogen-bond acceptors (Lipinski definition) is 6. The minimum absolute atomic E-state index is 0.185. The van der Waals surface area contributed by atoms with Crippen molar-refractivity contribution >= 4 is 33.0 Å². The van der Waals surface area contributed by atoms with Crippen LogP contribution in [0.25, 0.3) is 15.3 Å². The second-order valence-electron chi connectivity index (χ2n) is 6.45. The molecule has 7 nitrogen and oxygen atoms in total. The summed E-state index contributed by atoms with van der Waals surface area (Å²) in [6.07, 6.45) is 0. The molecule has 2 aromatic carbocycles. The Labute approximate surface area is 171 Å². The molecule has 8 heteroatoms. The second-order valence-corrected chi connectivity index (χ2v) is 7.46. The highest BCUT2D eigenvalue weighted by molar-refractivity contribution is 7.20. The number of aromatic nitrogens is 3. The quantitative estimate of drug-likeness (QED) is 0.501. The molecule has 2 heterocycles. The molecule has 1 N–H and O–H groups in total. The molecule has 4 rings (SSSR count). The number of ether oxygens (including phenoxy) is 2. The van der Waals surface area contributed by atoms with Crippen LogP contribution in [-0.4, -0.2) is 34.7 Å². The molecule has 2 aromatic heterocycles. The van der Waals surface area contributed by atoms with Crippen molar-refractivity contribution in [2.45, 2.75) is 13.8 Å².